The van der Waals surface area contributed by atoms with Crippen molar-refractivity contribution in [3.63, 3.8) is 0 Å². The maximum Gasteiger partial charge on any atom is 0.417 e. The second-order valence-corrected chi connectivity index (χ2v) is 6.21. The van der Waals surface area contributed by atoms with Gasteiger partial charge in [0.1, 0.15) is 6.61 Å². The molecule has 1 N–H and O–H groups in total. The van der Waals surface area contributed by atoms with Crippen LogP contribution in [-0.2, 0) is 11.3 Å². The Morgan fingerprint density at radius 2 is 1.85 bits per heavy atom. The molecule has 3 aromatic rings. The Morgan fingerprint density at radius 3 is 2.62 bits per heavy atom. The maximum absolute atomic E-state index is 12.2. The first-order chi connectivity index (χ1) is 12.7. The summed E-state index contributed by atoms with van der Waals surface area (Å²) in [4.78, 5) is 30.0. The van der Waals surface area contributed by atoms with Crippen LogP contribution in [0, 0.1) is 0 Å². The van der Waals surface area contributed by atoms with Crippen LogP contribution in [-0.4, -0.2) is 42.2 Å². The lowest BCUT2D eigenvalue weighted by atomic mass is 10.2. The van der Waals surface area contributed by atoms with Gasteiger partial charge >= 0.3 is 11.8 Å². The Bertz CT molecular complexity index is 956. The highest BCUT2D eigenvalue weighted by Crippen LogP contribution is 2.21. The van der Waals surface area contributed by atoms with Crippen molar-refractivity contribution in [2.75, 3.05) is 31.1 Å². The molecule has 1 aliphatic rings. The third-order valence-corrected chi connectivity index (χ3v) is 4.51. The Kier molecular flexibility index (Phi) is 4.35. The number of rotatable bonds is 3. The van der Waals surface area contributed by atoms with E-state index in [0.717, 1.165) is 11.3 Å². The summed E-state index contributed by atoms with van der Waals surface area (Å²) in [6, 6.07) is 15.2. The van der Waals surface area contributed by atoms with Gasteiger partial charge in [0.15, 0.2) is 5.58 Å². The average molecular weight is 353 g/mol. The van der Waals surface area contributed by atoms with E-state index in [4.69, 9.17) is 9.15 Å². The normalized spacial score (nSPS) is 14.6. The van der Waals surface area contributed by atoms with Gasteiger partial charge in [-0.15, -0.1) is 0 Å². The monoisotopic (exact) mass is 353 g/mol. The van der Waals surface area contributed by atoms with E-state index in [1.165, 1.54) is 0 Å². The van der Waals surface area contributed by atoms with Gasteiger partial charge in [0.05, 0.1) is 5.52 Å². The standard InChI is InChI=1S/C19H19N3O4/c23-18-20-16-12-15(6-7-17(16)26-18)21-8-10-22(11-9-21)19(24)25-13-14-4-2-1-3-5-14/h1-7,12H,8-11,13H2,(H,20,23). The van der Waals surface area contributed by atoms with Crippen LogP contribution in [0.5, 0.6) is 0 Å². The van der Waals surface area contributed by atoms with Crippen molar-refractivity contribution in [2.45, 2.75) is 6.61 Å². The number of oxazole rings is 1. The van der Waals surface area contributed by atoms with Gasteiger partial charge in [-0.2, -0.15) is 0 Å². The molecule has 0 bridgehead atoms. The predicted molar refractivity (Wildman–Crippen MR) is 97.2 cm³/mol. The number of aromatic nitrogens is 1. The van der Waals surface area contributed by atoms with Crippen molar-refractivity contribution >= 4 is 22.9 Å². The second-order valence-electron chi connectivity index (χ2n) is 6.21. The van der Waals surface area contributed by atoms with Crippen LogP contribution in [0.3, 0.4) is 0 Å². The van der Waals surface area contributed by atoms with Crippen LogP contribution in [0.25, 0.3) is 11.1 Å². The molecule has 0 saturated carbocycles. The number of nitrogens with zero attached hydrogens (tertiary/aromatic N) is 2. The zero-order valence-corrected chi connectivity index (χ0v) is 14.2. The minimum absolute atomic E-state index is 0.282. The van der Waals surface area contributed by atoms with Crippen LogP contribution in [0.15, 0.2) is 57.7 Å². The van der Waals surface area contributed by atoms with Crippen LogP contribution in [0.2, 0.25) is 0 Å². The minimum Gasteiger partial charge on any atom is -0.445 e. The number of piperazine rings is 1. The summed E-state index contributed by atoms with van der Waals surface area (Å²) in [6.45, 7) is 2.87. The van der Waals surface area contributed by atoms with E-state index >= 15 is 0 Å². The quantitative estimate of drug-likeness (QED) is 0.783. The summed E-state index contributed by atoms with van der Waals surface area (Å²) in [7, 11) is 0. The van der Waals surface area contributed by atoms with Crippen molar-refractivity contribution in [3.8, 4) is 0 Å². The van der Waals surface area contributed by atoms with Crippen LogP contribution >= 0.6 is 0 Å². The van der Waals surface area contributed by atoms with Gasteiger partial charge in [-0.3, -0.25) is 4.98 Å². The molecule has 0 radical (unpaired) electrons. The molecule has 26 heavy (non-hydrogen) atoms. The number of hydrogen-bond acceptors (Lipinski definition) is 5. The molecule has 1 aromatic heterocycles. The van der Waals surface area contributed by atoms with Crippen LogP contribution < -0.4 is 10.7 Å². The molecule has 0 unspecified atom stereocenters. The van der Waals surface area contributed by atoms with E-state index < -0.39 is 5.76 Å². The van der Waals surface area contributed by atoms with Crippen molar-refractivity contribution < 1.29 is 13.9 Å². The van der Waals surface area contributed by atoms with Crippen molar-refractivity contribution in [2.24, 2.45) is 0 Å². The number of nitrogens with one attached hydrogen (secondary N) is 1. The summed E-state index contributed by atoms with van der Waals surface area (Å²) in [5.41, 5.74) is 3.19. The highest BCUT2D eigenvalue weighted by molar-refractivity contribution is 5.77. The fourth-order valence-corrected chi connectivity index (χ4v) is 3.09. The molecule has 134 valence electrons. The summed E-state index contributed by atoms with van der Waals surface area (Å²) in [5, 5.41) is 0. The van der Waals surface area contributed by atoms with Crippen LogP contribution in [0.1, 0.15) is 5.56 Å². The predicted octanol–water partition coefficient (Wildman–Crippen LogP) is 2.58. The number of amides is 1. The Morgan fingerprint density at radius 1 is 1.08 bits per heavy atom. The maximum atomic E-state index is 12.2. The zero-order valence-electron chi connectivity index (χ0n) is 14.2. The number of carbonyl (C=O) groups is 1. The van der Waals surface area contributed by atoms with Gasteiger partial charge in [-0.25, -0.2) is 9.59 Å². The van der Waals surface area contributed by atoms with Crippen molar-refractivity contribution in [1.82, 2.24) is 9.88 Å². The van der Waals surface area contributed by atoms with Crippen molar-refractivity contribution in [1.29, 1.82) is 0 Å². The number of fused-ring (bicyclic) bond motifs is 1. The molecular weight excluding hydrogens is 334 g/mol. The Hall–Kier alpha value is -3.22. The lowest BCUT2D eigenvalue weighted by molar-refractivity contribution is 0.0942. The second kappa shape index (κ2) is 6.95. The fraction of sp³-hybridized carbons (Fsp3) is 0.263. The Labute approximate surface area is 149 Å². The molecule has 7 nitrogen and oxygen atoms in total. The topological polar surface area (TPSA) is 78.8 Å². The van der Waals surface area contributed by atoms with Gasteiger partial charge in [0.25, 0.3) is 0 Å². The molecule has 1 amide bonds. The SMILES string of the molecule is O=C(OCc1ccccc1)N1CCN(c2ccc3oc(=O)[nH]c3c2)CC1. The molecule has 0 aliphatic carbocycles. The lowest BCUT2D eigenvalue weighted by Gasteiger charge is -2.35. The van der Waals surface area contributed by atoms with Crippen LogP contribution in [0.4, 0.5) is 10.5 Å². The molecule has 4 rings (SSSR count). The molecule has 0 spiro atoms. The fourth-order valence-electron chi connectivity index (χ4n) is 3.09. The smallest absolute Gasteiger partial charge is 0.417 e. The molecular formula is C19H19N3O4. The van der Waals surface area contributed by atoms with E-state index in [-0.39, 0.29) is 12.7 Å². The van der Waals surface area contributed by atoms with Gasteiger partial charge < -0.3 is 19.0 Å². The highest BCUT2D eigenvalue weighted by atomic mass is 16.6. The molecule has 1 fully saturated rings. The van der Waals surface area contributed by atoms with E-state index in [1.54, 1.807) is 11.0 Å². The van der Waals surface area contributed by atoms with E-state index in [1.807, 2.05) is 42.5 Å². The van der Waals surface area contributed by atoms with E-state index in [9.17, 15) is 9.59 Å². The van der Waals surface area contributed by atoms with Crippen molar-refractivity contribution in [3.05, 3.63) is 64.6 Å². The largest absolute Gasteiger partial charge is 0.445 e. The first-order valence-electron chi connectivity index (χ1n) is 8.52. The molecule has 2 heterocycles. The number of benzene rings is 2. The lowest BCUT2D eigenvalue weighted by Crippen LogP contribution is -2.48. The minimum atomic E-state index is -0.455. The molecule has 7 heteroatoms. The number of carbonyl (C=O) groups excluding carboxylic acids is 1. The van der Waals surface area contributed by atoms with Gasteiger partial charge in [0.2, 0.25) is 0 Å². The summed E-state index contributed by atoms with van der Waals surface area (Å²) >= 11 is 0. The number of aromatic amines is 1. The van der Waals surface area contributed by atoms with Gasteiger partial charge in [-0.1, -0.05) is 30.3 Å². The number of H-pyrrole nitrogens is 1. The summed E-state index contributed by atoms with van der Waals surface area (Å²) in [6.07, 6.45) is -0.289. The number of anilines is 1. The number of hydrogen-bond donors (Lipinski definition) is 1. The molecule has 1 saturated heterocycles. The Balaban J connectivity index is 1.34. The third kappa shape index (κ3) is 3.42. The third-order valence-electron chi connectivity index (χ3n) is 4.51. The first-order valence-corrected chi connectivity index (χ1v) is 8.52. The van der Waals surface area contributed by atoms with Gasteiger partial charge in [-0.05, 0) is 23.8 Å². The zero-order chi connectivity index (χ0) is 17.9. The first kappa shape index (κ1) is 16.3. The average Bonchev–Trinajstić information content (AvgIpc) is 3.06. The molecule has 1 aliphatic heterocycles. The molecule has 0 atom stereocenters. The van der Waals surface area contributed by atoms with Gasteiger partial charge in [0, 0.05) is 31.9 Å². The molecule has 2 aromatic carbocycles. The summed E-state index contributed by atoms with van der Waals surface area (Å²) < 4.78 is 10.4. The van der Waals surface area contributed by atoms with E-state index in [0.29, 0.717) is 37.3 Å². The number of ether oxygens (including phenoxy) is 1. The highest BCUT2D eigenvalue weighted by Gasteiger charge is 2.22. The van der Waals surface area contributed by atoms with E-state index in [2.05, 4.69) is 9.88 Å². The summed E-state index contributed by atoms with van der Waals surface area (Å²) in [5.74, 6) is -0.455.